The second-order valence-electron chi connectivity index (χ2n) is 2.52. The van der Waals surface area contributed by atoms with E-state index in [0.29, 0.717) is 6.42 Å². The summed E-state index contributed by atoms with van der Waals surface area (Å²) in [7, 11) is -3.15. The summed E-state index contributed by atoms with van der Waals surface area (Å²) in [5.74, 6) is 0.122. The van der Waals surface area contributed by atoms with Gasteiger partial charge in [-0.05, 0) is 13.3 Å². The van der Waals surface area contributed by atoms with E-state index in [4.69, 9.17) is 5.11 Å². The fraction of sp³-hybridized carbons (Fsp3) is 1.00. The SMILES string of the molecule is CCCS(=O)(=O)NC(C)CO. The molecule has 0 spiro atoms. The molecule has 11 heavy (non-hydrogen) atoms. The highest BCUT2D eigenvalue weighted by molar-refractivity contribution is 7.89. The van der Waals surface area contributed by atoms with Crippen LogP contribution in [0.5, 0.6) is 0 Å². The van der Waals surface area contributed by atoms with E-state index >= 15 is 0 Å². The van der Waals surface area contributed by atoms with Crippen LogP contribution in [-0.4, -0.2) is 31.9 Å². The molecule has 5 heteroatoms. The molecule has 0 heterocycles. The number of aliphatic hydroxyl groups excluding tert-OH is 1. The maximum atomic E-state index is 11.0. The van der Waals surface area contributed by atoms with Crippen molar-refractivity contribution in [1.82, 2.24) is 4.72 Å². The third-order valence-corrected chi connectivity index (χ3v) is 2.83. The van der Waals surface area contributed by atoms with Crippen molar-refractivity contribution >= 4 is 10.0 Å². The third-order valence-electron chi connectivity index (χ3n) is 1.13. The van der Waals surface area contributed by atoms with Crippen LogP contribution in [0.2, 0.25) is 0 Å². The molecule has 0 amide bonds. The predicted octanol–water partition coefficient (Wildman–Crippen LogP) is -0.303. The Bertz CT molecular complexity index is 188. The van der Waals surface area contributed by atoms with Crippen molar-refractivity contribution in [3.05, 3.63) is 0 Å². The van der Waals surface area contributed by atoms with Crippen LogP contribution in [-0.2, 0) is 10.0 Å². The summed E-state index contributed by atoms with van der Waals surface area (Å²) in [6.07, 6.45) is 0.591. The maximum Gasteiger partial charge on any atom is 0.211 e. The molecule has 0 rings (SSSR count). The molecule has 0 radical (unpaired) electrons. The zero-order valence-electron chi connectivity index (χ0n) is 6.87. The van der Waals surface area contributed by atoms with Crippen LogP contribution in [0.15, 0.2) is 0 Å². The summed E-state index contributed by atoms with van der Waals surface area (Å²) in [4.78, 5) is 0. The number of hydrogen-bond acceptors (Lipinski definition) is 3. The van der Waals surface area contributed by atoms with E-state index in [1.54, 1.807) is 13.8 Å². The van der Waals surface area contributed by atoms with E-state index in [2.05, 4.69) is 4.72 Å². The van der Waals surface area contributed by atoms with Crippen LogP contribution >= 0.6 is 0 Å². The molecule has 0 aromatic rings. The lowest BCUT2D eigenvalue weighted by Gasteiger charge is -2.09. The highest BCUT2D eigenvalue weighted by atomic mass is 32.2. The van der Waals surface area contributed by atoms with Gasteiger partial charge in [0.2, 0.25) is 10.0 Å². The lowest BCUT2D eigenvalue weighted by atomic mass is 10.4. The van der Waals surface area contributed by atoms with Gasteiger partial charge in [0.1, 0.15) is 0 Å². The topological polar surface area (TPSA) is 66.4 Å². The number of nitrogens with one attached hydrogen (secondary N) is 1. The average Bonchev–Trinajstić information content (AvgIpc) is 1.86. The molecule has 0 bridgehead atoms. The largest absolute Gasteiger partial charge is 0.395 e. The number of aliphatic hydroxyl groups is 1. The van der Waals surface area contributed by atoms with Crippen molar-refractivity contribution in [3.63, 3.8) is 0 Å². The van der Waals surface area contributed by atoms with Gasteiger partial charge in [-0.25, -0.2) is 13.1 Å². The van der Waals surface area contributed by atoms with Crippen molar-refractivity contribution in [3.8, 4) is 0 Å². The van der Waals surface area contributed by atoms with Crippen molar-refractivity contribution in [1.29, 1.82) is 0 Å². The molecule has 0 fully saturated rings. The molecular weight excluding hydrogens is 166 g/mol. The molecule has 1 unspecified atom stereocenters. The van der Waals surface area contributed by atoms with Gasteiger partial charge in [0.15, 0.2) is 0 Å². The summed E-state index contributed by atoms with van der Waals surface area (Å²) in [6.45, 7) is 3.25. The molecule has 4 nitrogen and oxygen atoms in total. The first kappa shape index (κ1) is 10.9. The zero-order chi connectivity index (χ0) is 8.91. The molecule has 1 atom stereocenters. The minimum atomic E-state index is -3.15. The van der Waals surface area contributed by atoms with Crippen molar-refractivity contribution < 1.29 is 13.5 Å². The first-order chi connectivity index (χ1) is 5.02. The van der Waals surface area contributed by atoms with Gasteiger partial charge in [-0.15, -0.1) is 0 Å². The van der Waals surface area contributed by atoms with Crippen molar-refractivity contribution in [2.24, 2.45) is 0 Å². The minimum absolute atomic E-state index is 0.122. The Labute approximate surface area is 67.7 Å². The Hall–Kier alpha value is -0.130. The molecule has 0 aromatic heterocycles. The molecule has 0 aromatic carbocycles. The average molecular weight is 181 g/mol. The number of sulfonamides is 1. The monoisotopic (exact) mass is 181 g/mol. The second-order valence-corrected chi connectivity index (χ2v) is 4.39. The van der Waals surface area contributed by atoms with E-state index in [9.17, 15) is 8.42 Å². The van der Waals surface area contributed by atoms with Crippen molar-refractivity contribution in [2.75, 3.05) is 12.4 Å². The highest BCUT2D eigenvalue weighted by Crippen LogP contribution is 1.90. The van der Waals surface area contributed by atoms with Crippen molar-refractivity contribution in [2.45, 2.75) is 26.3 Å². The van der Waals surface area contributed by atoms with Crippen LogP contribution in [0.25, 0.3) is 0 Å². The van der Waals surface area contributed by atoms with E-state index in [1.165, 1.54) is 0 Å². The maximum absolute atomic E-state index is 11.0. The van der Waals surface area contributed by atoms with E-state index in [-0.39, 0.29) is 18.4 Å². The third kappa shape index (κ3) is 5.17. The van der Waals surface area contributed by atoms with Gasteiger partial charge in [-0.3, -0.25) is 0 Å². The van der Waals surface area contributed by atoms with Gasteiger partial charge in [-0.2, -0.15) is 0 Å². The van der Waals surface area contributed by atoms with Crippen LogP contribution in [0, 0.1) is 0 Å². The molecule has 0 aliphatic carbocycles. The molecule has 0 aliphatic heterocycles. The van der Waals surface area contributed by atoms with Crippen LogP contribution in [0.4, 0.5) is 0 Å². The summed E-state index contributed by atoms with van der Waals surface area (Å²) in [6, 6.07) is -0.383. The highest BCUT2D eigenvalue weighted by Gasteiger charge is 2.11. The van der Waals surface area contributed by atoms with Crippen LogP contribution < -0.4 is 4.72 Å². The summed E-state index contributed by atoms with van der Waals surface area (Å²) < 4.78 is 24.3. The van der Waals surface area contributed by atoms with Gasteiger partial charge < -0.3 is 5.11 Å². The van der Waals surface area contributed by atoms with Gasteiger partial charge in [0.25, 0.3) is 0 Å². The molecule has 0 saturated heterocycles. The van der Waals surface area contributed by atoms with Crippen LogP contribution in [0.3, 0.4) is 0 Å². The molecule has 2 N–H and O–H groups in total. The first-order valence-electron chi connectivity index (χ1n) is 3.62. The lowest BCUT2D eigenvalue weighted by molar-refractivity contribution is 0.265. The Morgan fingerprint density at radius 2 is 2.09 bits per heavy atom. The Kier molecular flexibility index (Phi) is 4.63. The van der Waals surface area contributed by atoms with Gasteiger partial charge in [0.05, 0.1) is 12.4 Å². The van der Waals surface area contributed by atoms with Gasteiger partial charge in [-0.1, -0.05) is 6.92 Å². The van der Waals surface area contributed by atoms with E-state index in [1.807, 2.05) is 0 Å². The smallest absolute Gasteiger partial charge is 0.211 e. The van der Waals surface area contributed by atoms with Crippen LogP contribution in [0.1, 0.15) is 20.3 Å². The predicted molar refractivity (Wildman–Crippen MR) is 43.8 cm³/mol. The van der Waals surface area contributed by atoms with Gasteiger partial charge >= 0.3 is 0 Å². The summed E-state index contributed by atoms with van der Waals surface area (Å²) >= 11 is 0. The fourth-order valence-electron chi connectivity index (χ4n) is 0.671. The summed E-state index contributed by atoms with van der Waals surface area (Å²) in [5.41, 5.74) is 0. The Morgan fingerprint density at radius 3 is 2.45 bits per heavy atom. The Balaban J connectivity index is 3.92. The summed E-state index contributed by atoms with van der Waals surface area (Å²) in [5, 5.41) is 8.54. The first-order valence-corrected chi connectivity index (χ1v) is 5.28. The van der Waals surface area contributed by atoms with Gasteiger partial charge in [0, 0.05) is 6.04 Å². The number of hydrogen-bond donors (Lipinski definition) is 2. The number of rotatable bonds is 5. The molecule has 68 valence electrons. The minimum Gasteiger partial charge on any atom is -0.395 e. The van der Waals surface area contributed by atoms with E-state index in [0.717, 1.165) is 0 Å². The second kappa shape index (κ2) is 4.69. The quantitative estimate of drug-likeness (QED) is 0.612. The standard InChI is InChI=1S/C6H15NO3S/c1-3-4-11(9,10)7-6(2)5-8/h6-8H,3-5H2,1-2H3. The lowest BCUT2D eigenvalue weighted by Crippen LogP contribution is -2.36. The fourth-order valence-corrected chi connectivity index (χ4v) is 2.01. The zero-order valence-corrected chi connectivity index (χ0v) is 7.69. The molecule has 0 aliphatic rings. The normalized spacial score (nSPS) is 14.8. The Morgan fingerprint density at radius 1 is 1.55 bits per heavy atom. The molecule has 0 saturated carbocycles. The van der Waals surface area contributed by atoms with E-state index < -0.39 is 10.0 Å². The molecular formula is C6H15NO3S.